The molecule has 0 aromatic heterocycles. The van der Waals surface area contributed by atoms with Gasteiger partial charge in [0.15, 0.2) is 5.75 Å². The Morgan fingerprint density at radius 3 is 2.57 bits per heavy atom. The lowest BCUT2D eigenvalue weighted by Gasteiger charge is -2.35. The van der Waals surface area contributed by atoms with E-state index in [9.17, 15) is 14.7 Å². The van der Waals surface area contributed by atoms with E-state index in [1.807, 2.05) is 11.8 Å². The highest BCUT2D eigenvalue weighted by molar-refractivity contribution is 5.63. The smallest absolute Gasteiger partial charge is 0.271 e. The Balaban J connectivity index is 2.31. The van der Waals surface area contributed by atoms with Crippen molar-refractivity contribution in [3.63, 3.8) is 0 Å². The van der Waals surface area contributed by atoms with E-state index >= 15 is 0 Å². The zero-order valence-corrected chi connectivity index (χ0v) is 8.12. The van der Waals surface area contributed by atoms with Crippen LogP contribution in [0, 0.1) is 0 Å². The molecule has 4 heteroatoms. The maximum atomic E-state index is 11.2. The zero-order valence-electron chi connectivity index (χ0n) is 8.12. The van der Waals surface area contributed by atoms with Gasteiger partial charge in [-0.05, 0) is 26.2 Å². The summed E-state index contributed by atoms with van der Waals surface area (Å²) in [5, 5.41) is 9.28. The van der Waals surface area contributed by atoms with E-state index in [1.54, 1.807) is 0 Å². The van der Waals surface area contributed by atoms with Crippen molar-refractivity contribution in [1.82, 2.24) is 0 Å². The molecule has 1 aliphatic rings. The molecule has 14 heavy (non-hydrogen) atoms. The Labute approximate surface area is 81.5 Å². The lowest BCUT2D eigenvalue weighted by Crippen LogP contribution is -2.46. The van der Waals surface area contributed by atoms with Crippen LogP contribution >= 0.6 is 0 Å². The highest BCUT2D eigenvalue weighted by atomic mass is 16.3. The van der Waals surface area contributed by atoms with Crippen LogP contribution in [0.3, 0.4) is 0 Å². The number of piperidine rings is 1. The van der Waals surface area contributed by atoms with Gasteiger partial charge >= 0.3 is 0 Å². The van der Waals surface area contributed by atoms with Gasteiger partial charge in [-0.2, -0.15) is 0 Å². The summed E-state index contributed by atoms with van der Waals surface area (Å²) in [5.41, 5.74) is -1.03. The third kappa shape index (κ3) is 1.14. The average molecular weight is 195 g/mol. The normalized spacial score (nSPS) is 22.9. The zero-order chi connectivity index (χ0) is 10.3. The second-order valence-electron chi connectivity index (χ2n) is 3.89. The van der Waals surface area contributed by atoms with Gasteiger partial charge in [0.2, 0.25) is 0 Å². The molecule has 0 unspecified atom stereocenters. The van der Waals surface area contributed by atoms with Crippen molar-refractivity contribution < 1.29 is 5.11 Å². The summed E-state index contributed by atoms with van der Waals surface area (Å²) < 4.78 is 0. The van der Waals surface area contributed by atoms with Crippen LogP contribution in [-0.2, 0) is 0 Å². The molecule has 4 nitrogen and oxygen atoms in total. The van der Waals surface area contributed by atoms with Crippen LogP contribution in [-0.4, -0.2) is 17.7 Å². The molecule has 1 N–H and O–H groups in total. The molecule has 2 rings (SSSR count). The fraction of sp³-hybridized carbons (Fsp3) is 0.600. The van der Waals surface area contributed by atoms with Crippen LogP contribution in [0.15, 0.2) is 9.59 Å². The molecule has 1 atom stereocenters. The first kappa shape index (κ1) is 9.24. The Morgan fingerprint density at radius 1 is 1.29 bits per heavy atom. The topological polar surface area (TPSA) is 57.6 Å². The standard InChI is InChI=1S/C10H13NO3/c1-6-4-2-3-5-11(6)7-8(12)10(14)9(7)13/h6,12H,2-5H2,1H3/t6-/m0/s1. The summed E-state index contributed by atoms with van der Waals surface area (Å²) in [4.78, 5) is 23.9. The Bertz CT molecular complexity index is 417. The summed E-state index contributed by atoms with van der Waals surface area (Å²) in [6.45, 7) is 2.77. The van der Waals surface area contributed by atoms with Crippen LogP contribution in [0.4, 0.5) is 5.69 Å². The van der Waals surface area contributed by atoms with Crippen molar-refractivity contribution in [2.24, 2.45) is 0 Å². The summed E-state index contributed by atoms with van der Waals surface area (Å²) in [5.74, 6) is -0.344. The molecular formula is C10H13NO3. The van der Waals surface area contributed by atoms with E-state index in [0.717, 1.165) is 25.8 Å². The maximum absolute atomic E-state index is 11.2. The van der Waals surface area contributed by atoms with Crippen molar-refractivity contribution in [2.45, 2.75) is 32.2 Å². The number of aromatic hydroxyl groups is 1. The molecule has 0 spiro atoms. The van der Waals surface area contributed by atoms with Crippen molar-refractivity contribution in [3.05, 3.63) is 20.4 Å². The third-order valence-electron chi connectivity index (χ3n) is 2.95. The molecule has 76 valence electrons. The number of hydrogen-bond acceptors (Lipinski definition) is 4. The van der Waals surface area contributed by atoms with Crippen molar-refractivity contribution >= 4 is 5.69 Å². The van der Waals surface area contributed by atoms with E-state index in [2.05, 4.69) is 0 Å². The summed E-state index contributed by atoms with van der Waals surface area (Å²) in [7, 11) is 0. The first-order valence-corrected chi connectivity index (χ1v) is 4.92. The molecule has 0 radical (unpaired) electrons. The van der Waals surface area contributed by atoms with E-state index in [0.29, 0.717) is 0 Å². The Hall–Kier alpha value is -1.32. The Morgan fingerprint density at radius 2 is 2.00 bits per heavy atom. The van der Waals surface area contributed by atoms with Crippen LogP contribution in [0.25, 0.3) is 0 Å². The largest absolute Gasteiger partial charge is 0.502 e. The molecule has 0 amide bonds. The van der Waals surface area contributed by atoms with Gasteiger partial charge in [-0.25, -0.2) is 0 Å². The lowest BCUT2D eigenvalue weighted by molar-refractivity contribution is 0.439. The van der Waals surface area contributed by atoms with E-state index < -0.39 is 10.9 Å². The number of nitrogens with zero attached hydrogens (tertiary/aromatic N) is 1. The Kier molecular flexibility index (Phi) is 2.06. The highest BCUT2D eigenvalue weighted by Gasteiger charge is 2.29. The van der Waals surface area contributed by atoms with Crippen molar-refractivity contribution in [3.8, 4) is 5.75 Å². The molecule has 0 bridgehead atoms. The fourth-order valence-electron chi connectivity index (χ4n) is 2.06. The monoisotopic (exact) mass is 195 g/mol. The number of anilines is 1. The SMILES string of the molecule is C[C@H]1CCCCN1c1c(O)c(=O)c1=O. The predicted molar refractivity (Wildman–Crippen MR) is 53.7 cm³/mol. The van der Waals surface area contributed by atoms with Gasteiger partial charge in [-0.3, -0.25) is 9.59 Å². The van der Waals surface area contributed by atoms with E-state index in [1.165, 1.54) is 0 Å². The minimum absolute atomic E-state index is 0.238. The second kappa shape index (κ2) is 3.12. The summed E-state index contributed by atoms with van der Waals surface area (Å²) >= 11 is 0. The molecule has 1 aromatic rings. The second-order valence-corrected chi connectivity index (χ2v) is 3.89. The van der Waals surface area contributed by atoms with Gasteiger partial charge in [0.25, 0.3) is 10.9 Å². The molecule has 0 saturated carbocycles. The van der Waals surface area contributed by atoms with Gasteiger partial charge in [-0.1, -0.05) is 0 Å². The van der Waals surface area contributed by atoms with Crippen LogP contribution < -0.4 is 15.8 Å². The van der Waals surface area contributed by atoms with Gasteiger partial charge < -0.3 is 10.0 Å². The lowest BCUT2D eigenvalue weighted by atomic mass is 10.0. The van der Waals surface area contributed by atoms with Gasteiger partial charge in [0, 0.05) is 12.6 Å². The first-order valence-electron chi connectivity index (χ1n) is 4.92. The number of rotatable bonds is 1. The molecule has 1 heterocycles. The minimum Gasteiger partial charge on any atom is -0.502 e. The first-order chi connectivity index (χ1) is 6.63. The highest BCUT2D eigenvalue weighted by Crippen LogP contribution is 2.27. The van der Waals surface area contributed by atoms with E-state index in [-0.39, 0.29) is 17.5 Å². The molecule has 0 aliphatic carbocycles. The molecule has 1 aromatic carbocycles. The average Bonchev–Trinajstić information content (AvgIpc) is 2.21. The van der Waals surface area contributed by atoms with Crippen LogP contribution in [0.1, 0.15) is 26.2 Å². The summed E-state index contributed by atoms with van der Waals surface area (Å²) in [6, 6.07) is 0.248. The van der Waals surface area contributed by atoms with Gasteiger partial charge in [0.1, 0.15) is 5.69 Å². The van der Waals surface area contributed by atoms with Gasteiger partial charge in [0.05, 0.1) is 0 Å². The quantitative estimate of drug-likeness (QED) is 0.658. The number of hydrogen-bond donors (Lipinski definition) is 1. The molecule has 1 saturated heterocycles. The third-order valence-corrected chi connectivity index (χ3v) is 2.95. The van der Waals surface area contributed by atoms with Crippen LogP contribution in [0.5, 0.6) is 5.75 Å². The van der Waals surface area contributed by atoms with Crippen molar-refractivity contribution in [2.75, 3.05) is 11.4 Å². The van der Waals surface area contributed by atoms with Crippen molar-refractivity contribution in [1.29, 1.82) is 0 Å². The molecule has 1 fully saturated rings. The fourth-order valence-corrected chi connectivity index (χ4v) is 2.06. The predicted octanol–water partition coefficient (Wildman–Crippen LogP) is 0.367. The van der Waals surface area contributed by atoms with Gasteiger partial charge in [-0.15, -0.1) is 0 Å². The minimum atomic E-state index is -0.738. The van der Waals surface area contributed by atoms with Crippen LogP contribution in [0.2, 0.25) is 0 Å². The maximum Gasteiger partial charge on any atom is 0.271 e. The molecule has 1 aliphatic heterocycles. The molecular weight excluding hydrogens is 182 g/mol. The van der Waals surface area contributed by atoms with E-state index in [4.69, 9.17) is 0 Å². The summed E-state index contributed by atoms with van der Waals surface area (Å²) in [6.07, 6.45) is 3.18.